The summed E-state index contributed by atoms with van der Waals surface area (Å²) in [7, 11) is 1.83. The summed E-state index contributed by atoms with van der Waals surface area (Å²) in [5, 5.41) is 19.7. The Labute approximate surface area is 177 Å². The topological polar surface area (TPSA) is 115 Å². The maximum atomic E-state index is 12.0. The molecule has 2 aliphatic heterocycles. The number of halogens is 1. The number of β-amino-alcohol motifs (C(OH)–C–C–N with tert-alkyl or cyclic N) is 1. The zero-order valence-corrected chi connectivity index (χ0v) is 17.1. The first-order valence-electron chi connectivity index (χ1n) is 9.55. The molecule has 3 aromatic rings. The van der Waals surface area contributed by atoms with Crippen LogP contribution in [0.4, 0.5) is 17.5 Å². The summed E-state index contributed by atoms with van der Waals surface area (Å²) in [5.41, 5.74) is 0.357. The van der Waals surface area contributed by atoms with Crippen LogP contribution in [0.5, 0.6) is 0 Å². The van der Waals surface area contributed by atoms with E-state index in [1.165, 1.54) is 6.08 Å². The van der Waals surface area contributed by atoms with Gasteiger partial charge in [-0.15, -0.1) is 0 Å². The van der Waals surface area contributed by atoms with Crippen molar-refractivity contribution < 1.29 is 9.90 Å². The fourth-order valence-electron chi connectivity index (χ4n) is 4.36. The SMILES string of the molecule is C=CC(=O)N1C[C@@H]2CN(c3nc(Nc4cnn(C)c4)nc4[nH]cc(Cl)c34)C[C@]2(O)C1. The Morgan fingerprint density at radius 1 is 1.43 bits per heavy atom. The van der Waals surface area contributed by atoms with Crippen LogP contribution in [-0.4, -0.2) is 72.4 Å². The third kappa shape index (κ3) is 2.99. The van der Waals surface area contributed by atoms with Crippen molar-refractivity contribution in [1.29, 1.82) is 0 Å². The molecule has 0 saturated carbocycles. The summed E-state index contributed by atoms with van der Waals surface area (Å²) in [4.78, 5) is 27.9. The molecule has 1 amide bonds. The summed E-state index contributed by atoms with van der Waals surface area (Å²) in [6, 6.07) is 0. The summed E-state index contributed by atoms with van der Waals surface area (Å²) >= 11 is 6.41. The van der Waals surface area contributed by atoms with Gasteiger partial charge in [0.25, 0.3) is 0 Å². The first-order valence-corrected chi connectivity index (χ1v) is 9.93. The number of nitrogens with zero attached hydrogens (tertiary/aromatic N) is 6. The zero-order chi connectivity index (χ0) is 21.0. The predicted octanol–water partition coefficient (Wildman–Crippen LogP) is 1.28. The van der Waals surface area contributed by atoms with E-state index in [2.05, 4.69) is 27.0 Å². The number of H-pyrrole nitrogens is 1. The van der Waals surface area contributed by atoms with Crippen LogP contribution in [0.3, 0.4) is 0 Å². The highest BCUT2D eigenvalue weighted by Crippen LogP contribution is 2.40. The molecule has 5 rings (SSSR count). The van der Waals surface area contributed by atoms with Crippen molar-refractivity contribution in [3.05, 3.63) is 36.3 Å². The molecule has 0 radical (unpaired) electrons. The lowest BCUT2D eigenvalue weighted by Crippen LogP contribution is -2.41. The number of aliphatic hydroxyl groups is 1. The number of rotatable bonds is 4. The number of carbonyl (C=O) groups is 1. The number of likely N-dealkylation sites (tertiary alicyclic amines) is 1. The number of hydrogen-bond donors (Lipinski definition) is 3. The lowest BCUT2D eigenvalue weighted by atomic mass is 9.95. The molecule has 2 fully saturated rings. The van der Waals surface area contributed by atoms with Crippen molar-refractivity contribution in [2.45, 2.75) is 5.60 Å². The molecule has 10 nitrogen and oxygen atoms in total. The number of hydrogen-bond acceptors (Lipinski definition) is 7. The normalized spacial score (nSPS) is 23.2. The van der Waals surface area contributed by atoms with E-state index in [1.54, 1.807) is 22.0 Å². The van der Waals surface area contributed by atoms with Crippen molar-refractivity contribution in [3.63, 3.8) is 0 Å². The molecule has 0 unspecified atom stereocenters. The van der Waals surface area contributed by atoms with E-state index in [-0.39, 0.29) is 18.4 Å². The molecular formula is C19H21ClN8O2. The number of nitrogens with one attached hydrogen (secondary N) is 2. The molecule has 0 aromatic carbocycles. The molecule has 2 saturated heterocycles. The van der Waals surface area contributed by atoms with E-state index in [0.29, 0.717) is 47.5 Å². The van der Waals surface area contributed by atoms with Gasteiger partial charge in [-0.1, -0.05) is 18.2 Å². The van der Waals surface area contributed by atoms with Gasteiger partial charge in [-0.3, -0.25) is 9.48 Å². The molecule has 156 valence electrons. The zero-order valence-electron chi connectivity index (χ0n) is 16.3. The molecular weight excluding hydrogens is 408 g/mol. The highest BCUT2D eigenvalue weighted by molar-refractivity contribution is 6.36. The van der Waals surface area contributed by atoms with Crippen molar-refractivity contribution in [2.75, 3.05) is 36.4 Å². The van der Waals surface area contributed by atoms with E-state index < -0.39 is 5.60 Å². The third-order valence-electron chi connectivity index (χ3n) is 5.78. The largest absolute Gasteiger partial charge is 0.386 e. The number of aromatic amines is 1. The summed E-state index contributed by atoms with van der Waals surface area (Å²) < 4.78 is 1.68. The third-order valence-corrected chi connectivity index (χ3v) is 6.08. The van der Waals surface area contributed by atoms with Gasteiger partial charge in [0.2, 0.25) is 11.9 Å². The first-order chi connectivity index (χ1) is 14.4. The minimum atomic E-state index is -1.00. The van der Waals surface area contributed by atoms with Gasteiger partial charge < -0.3 is 25.2 Å². The quantitative estimate of drug-likeness (QED) is 0.536. The second-order valence-corrected chi connectivity index (χ2v) is 8.27. The number of aromatic nitrogens is 5. The minimum absolute atomic E-state index is 0.0844. The second-order valence-electron chi connectivity index (χ2n) is 7.86. The van der Waals surface area contributed by atoms with E-state index in [4.69, 9.17) is 16.6 Å². The molecule has 2 aliphatic rings. The monoisotopic (exact) mass is 428 g/mol. The summed E-state index contributed by atoms with van der Waals surface area (Å²) in [6.45, 7) is 5.19. The van der Waals surface area contributed by atoms with Crippen LogP contribution >= 0.6 is 11.6 Å². The van der Waals surface area contributed by atoms with Gasteiger partial charge in [-0.25, -0.2) is 0 Å². The highest BCUT2D eigenvalue weighted by Gasteiger charge is 2.53. The first kappa shape index (κ1) is 18.9. The fourth-order valence-corrected chi connectivity index (χ4v) is 4.59. The molecule has 3 N–H and O–H groups in total. The van der Waals surface area contributed by atoms with Gasteiger partial charge in [0, 0.05) is 38.4 Å². The lowest BCUT2D eigenvalue weighted by Gasteiger charge is -2.25. The van der Waals surface area contributed by atoms with Crippen LogP contribution in [0.1, 0.15) is 0 Å². The molecule has 3 aromatic heterocycles. The Balaban J connectivity index is 1.48. The predicted molar refractivity (Wildman–Crippen MR) is 113 cm³/mol. The van der Waals surface area contributed by atoms with E-state index in [0.717, 1.165) is 5.69 Å². The number of anilines is 3. The van der Waals surface area contributed by atoms with Crippen molar-refractivity contribution in [2.24, 2.45) is 13.0 Å². The average Bonchev–Trinajstić information content (AvgIpc) is 3.44. The molecule has 0 aliphatic carbocycles. The van der Waals surface area contributed by atoms with Crippen molar-refractivity contribution in [1.82, 2.24) is 29.6 Å². The van der Waals surface area contributed by atoms with Gasteiger partial charge in [0.05, 0.1) is 35.4 Å². The second kappa shape index (κ2) is 6.71. The Morgan fingerprint density at radius 2 is 2.27 bits per heavy atom. The van der Waals surface area contributed by atoms with Crippen molar-refractivity contribution >= 4 is 46.0 Å². The van der Waals surface area contributed by atoms with E-state index >= 15 is 0 Å². The number of aryl methyl sites for hydroxylation is 1. The maximum Gasteiger partial charge on any atom is 0.246 e. The Bertz CT molecular complexity index is 1160. The van der Waals surface area contributed by atoms with Crippen molar-refractivity contribution in [3.8, 4) is 0 Å². The minimum Gasteiger partial charge on any atom is -0.386 e. The summed E-state index contributed by atoms with van der Waals surface area (Å²) in [5.74, 6) is 0.794. The van der Waals surface area contributed by atoms with E-state index in [9.17, 15) is 9.90 Å². The van der Waals surface area contributed by atoms with Gasteiger partial charge in [-0.05, 0) is 6.08 Å². The number of fused-ring (bicyclic) bond motifs is 2. The lowest BCUT2D eigenvalue weighted by molar-refractivity contribution is -0.125. The van der Waals surface area contributed by atoms with Gasteiger partial charge in [0.1, 0.15) is 17.1 Å². The van der Waals surface area contributed by atoms with Gasteiger partial charge in [-0.2, -0.15) is 15.1 Å². The summed E-state index contributed by atoms with van der Waals surface area (Å²) in [6.07, 6.45) is 6.46. The van der Waals surface area contributed by atoms with Crippen LogP contribution in [-0.2, 0) is 11.8 Å². The Hall–Kier alpha value is -3.11. The average molecular weight is 429 g/mol. The Morgan fingerprint density at radius 3 is 2.97 bits per heavy atom. The van der Waals surface area contributed by atoms with Gasteiger partial charge >= 0.3 is 0 Å². The standard InChI is InChI=1S/C19H21ClN8O2/c1-3-14(29)27-6-11-7-28(10-19(11,30)9-27)17-15-13(20)5-21-16(15)24-18(25-17)23-12-4-22-26(2)8-12/h3-5,8,11,30H,1,6-7,9-10H2,2H3,(H2,21,23,24,25)/t11-,19-/m1/s1. The highest BCUT2D eigenvalue weighted by atomic mass is 35.5. The van der Waals surface area contributed by atoms with Gasteiger partial charge in [0.15, 0.2) is 0 Å². The molecule has 0 bridgehead atoms. The molecule has 0 spiro atoms. The van der Waals surface area contributed by atoms with Crippen LogP contribution in [0, 0.1) is 5.92 Å². The smallest absolute Gasteiger partial charge is 0.246 e. The van der Waals surface area contributed by atoms with Crippen LogP contribution < -0.4 is 10.2 Å². The molecule has 30 heavy (non-hydrogen) atoms. The molecule has 11 heteroatoms. The molecule has 5 heterocycles. The Kier molecular flexibility index (Phi) is 4.23. The number of carbonyl (C=O) groups excluding carboxylic acids is 1. The van der Waals surface area contributed by atoms with E-state index in [1.807, 2.05) is 18.1 Å². The number of amides is 1. The van der Waals surface area contributed by atoms with Crippen LogP contribution in [0.2, 0.25) is 5.02 Å². The van der Waals surface area contributed by atoms with Crippen LogP contribution in [0.15, 0.2) is 31.2 Å². The molecule has 2 atom stereocenters. The van der Waals surface area contributed by atoms with Crippen LogP contribution in [0.25, 0.3) is 11.0 Å². The maximum absolute atomic E-state index is 12.0. The fraction of sp³-hybridized carbons (Fsp3) is 0.368.